The van der Waals surface area contributed by atoms with Crippen LogP contribution in [0, 0.1) is 0 Å². The van der Waals surface area contributed by atoms with Crippen LogP contribution in [0.3, 0.4) is 0 Å². The first kappa shape index (κ1) is 14.2. The third-order valence-corrected chi connectivity index (χ3v) is 3.98. The van der Waals surface area contributed by atoms with Crippen molar-refractivity contribution in [3.63, 3.8) is 0 Å². The molecule has 0 saturated carbocycles. The molecule has 0 bridgehead atoms. The van der Waals surface area contributed by atoms with Gasteiger partial charge in [-0.2, -0.15) is 13.2 Å². The van der Waals surface area contributed by atoms with Crippen LogP contribution in [0.4, 0.5) is 13.2 Å². The van der Waals surface area contributed by atoms with Crippen molar-refractivity contribution < 1.29 is 17.6 Å². The molecule has 2 heterocycles. The molecule has 1 unspecified atom stereocenters. The molecule has 0 amide bonds. The van der Waals surface area contributed by atoms with E-state index in [4.69, 9.17) is 4.42 Å². The van der Waals surface area contributed by atoms with Crippen molar-refractivity contribution in [2.45, 2.75) is 32.0 Å². The molecule has 0 aliphatic carbocycles. The molecular formula is C16H16F3NO. The largest absolute Gasteiger partial charge is 0.464 e. The highest BCUT2D eigenvalue weighted by Gasteiger charge is 2.34. The van der Waals surface area contributed by atoms with Crippen LogP contribution < -0.4 is 5.32 Å². The maximum absolute atomic E-state index is 13.0. The summed E-state index contributed by atoms with van der Waals surface area (Å²) in [5.41, 5.74) is 1.50. The lowest BCUT2D eigenvalue weighted by Gasteiger charge is -2.23. The fraction of sp³-hybridized carbons (Fsp3) is 0.375. The fourth-order valence-corrected chi connectivity index (χ4v) is 2.84. The van der Waals surface area contributed by atoms with Crippen LogP contribution in [0.2, 0.25) is 0 Å². The molecule has 0 saturated heterocycles. The number of halogens is 3. The molecule has 1 N–H and O–H groups in total. The van der Waals surface area contributed by atoms with E-state index < -0.39 is 11.7 Å². The minimum Gasteiger partial charge on any atom is -0.464 e. The molecule has 0 fully saturated rings. The highest BCUT2D eigenvalue weighted by Crippen LogP contribution is 2.39. The monoisotopic (exact) mass is 295 g/mol. The first-order chi connectivity index (χ1) is 10.0. The average Bonchev–Trinajstić information content (AvgIpc) is 2.94. The summed E-state index contributed by atoms with van der Waals surface area (Å²) in [5, 5.41) is 3.49. The van der Waals surface area contributed by atoms with E-state index in [1.807, 2.05) is 6.08 Å². The van der Waals surface area contributed by atoms with Crippen molar-refractivity contribution in [3.8, 4) is 0 Å². The molecule has 0 spiro atoms. The normalized spacial score (nSPS) is 19.8. The van der Waals surface area contributed by atoms with E-state index in [9.17, 15) is 13.2 Å². The van der Waals surface area contributed by atoms with Crippen LogP contribution >= 0.6 is 0 Å². The first-order valence-corrected chi connectivity index (χ1v) is 7.01. The summed E-state index contributed by atoms with van der Waals surface area (Å²) in [7, 11) is 0. The number of hydrogen-bond donors (Lipinski definition) is 1. The molecule has 5 heteroatoms. The molecule has 3 rings (SSSR count). The zero-order chi connectivity index (χ0) is 15.0. The van der Waals surface area contributed by atoms with Crippen molar-refractivity contribution in [2.24, 2.45) is 0 Å². The van der Waals surface area contributed by atoms with E-state index in [1.165, 1.54) is 18.4 Å². The molecule has 1 atom stereocenters. The minimum absolute atomic E-state index is 0.132. The van der Waals surface area contributed by atoms with Gasteiger partial charge in [0.1, 0.15) is 5.58 Å². The number of alkyl halides is 3. The number of rotatable bonds is 2. The van der Waals surface area contributed by atoms with Gasteiger partial charge in [0.05, 0.1) is 11.8 Å². The van der Waals surface area contributed by atoms with Gasteiger partial charge in [0, 0.05) is 23.5 Å². The van der Waals surface area contributed by atoms with Gasteiger partial charge in [0.25, 0.3) is 0 Å². The van der Waals surface area contributed by atoms with Crippen molar-refractivity contribution in [1.29, 1.82) is 0 Å². The van der Waals surface area contributed by atoms with Crippen LogP contribution in [-0.4, -0.2) is 12.6 Å². The summed E-state index contributed by atoms with van der Waals surface area (Å²) in [6.07, 6.45) is 0.769. The molecule has 21 heavy (non-hydrogen) atoms. The van der Waals surface area contributed by atoms with Gasteiger partial charge >= 0.3 is 6.18 Å². The lowest BCUT2D eigenvalue weighted by Crippen LogP contribution is -2.32. The lowest BCUT2D eigenvalue weighted by atomic mass is 9.92. The zero-order valence-electron chi connectivity index (χ0n) is 11.6. The topological polar surface area (TPSA) is 25.2 Å². The van der Waals surface area contributed by atoms with Crippen molar-refractivity contribution in [1.82, 2.24) is 5.32 Å². The summed E-state index contributed by atoms with van der Waals surface area (Å²) in [5.74, 6) is 0. The number of furan rings is 1. The van der Waals surface area contributed by atoms with Crippen LogP contribution in [-0.2, 0) is 6.18 Å². The van der Waals surface area contributed by atoms with Gasteiger partial charge in [-0.05, 0) is 30.5 Å². The van der Waals surface area contributed by atoms with Gasteiger partial charge in [-0.1, -0.05) is 19.1 Å². The second-order valence-corrected chi connectivity index (χ2v) is 5.27. The van der Waals surface area contributed by atoms with Crippen LogP contribution in [0.25, 0.3) is 16.5 Å². The first-order valence-electron chi connectivity index (χ1n) is 7.01. The zero-order valence-corrected chi connectivity index (χ0v) is 11.6. The van der Waals surface area contributed by atoms with Gasteiger partial charge in [-0.25, -0.2) is 0 Å². The lowest BCUT2D eigenvalue weighted by molar-refractivity contribution is -0.136. The molecule has 112 valence electrons. The van der Waals surface area contributed by atoms with Crippen molar-refractivity contribution in [3.05, 3.63) is 41.7 Å². The Hall–Kier alpha value is -1.75. The van der Waals surface area contributed by atoms with Gasteiger partial charge < -0.3 is 9.73 Å². The number of nitrogens with one attached hydrogen (secondary N) is 1. The third-order valence-electron chi connectivity index (χ3n) is 3.98. The number of benzene rings is 1. The standard InChI is InChI=1S/C16H16F3NO/c1-2-11-9-10(5-7-20-11)12-3-4-14(16(17,18)19)13-6-8-21-15(12)13/h3-6,8,11,20H,2,7,9H2,1H3. The van der Waals surface area contributed by atoms with Crippen LogP contribution in [0.15, 0.2) is 35.0 Å². The van der Waals surface area contributed by atoms with Gasteiger partial charge in [-0.3, -0.25) is 0 Å². The highest BCUT2D eigenvalue weighted by molar-refractivity contribution is 5.92. The van der Waals surface area contributed by atoms with Crippen LogP contribution in [0.1, 0.15) is 30.9 Å². The summed E-state index contributed by atoms with van der Waals surface area (Å²) in [6, 6.07) is 4.42. The Morgan fingerprint density at radius 2 is 2.10 bits per heavy atom. The summed E-state index contributed by atoms with van der Waals surface area (Å²) in [6.45, 7) is 2.83. The van der Waals surface area contributed by atoms with E-state index >= 15 is 0 Å². The molecule has 2 nitrogen and oxygen atoms in total. The van der Waals surface area contributed by atoms with Crippen molar-refractivity contribution in [2.75, 3.05) is 6.54 Å². The quantitative estimate of drug-likeness (QED) is 0.875. The molecule has 1 aromatic heterocycles. The fourth-order valence-electron chi connectivity index (χ4n) is 2.84. The Morgan fingerprint density at radius 3 is 2.81 bits per heavy atom. The predicted octanol–water partition coefficient (Wildman–Crippen LogP) is 4.61. The van der Waals surface area contributed by atoms with Gasteiger partial charge in [0.15, 0.2) is 0 Å². The highest BCUT2D eigenvalue weighted by atomic mass is 19.4. The van der Waals surface area contributed by atoms with Crippen molar-refractivity contribution >= 4 is 16.5 Å². The molecule has 1 aliphatic rings. The van der Waals surface area contributed by atoms with E-state index in [1.54, 1.807) is 0 Å². The van der Waals surface area contributed by atoms with Gasteiger partial charge in [-0.15, -0.1) is 0 Å². The number of fused-ring (bicyclic) bond motifs is 1. The van der Waals surface area contributed by atoms with E-state index in [0.717, 1.165) is 36.6 Å². The van der Waals surface area contributed by atoms with E-state index in [2.05, 4.69) is 12.2 Å². The second-order valence-electron chi connectivity index (χ2n) is 5.27. The van der Waals surface area contributed by atoms with Crippen LogP contribution in [0.5, 0.6) is 0 Å². The SMILES string of the molecule is CCC1CC(c2ccc(C(F)(F)F)c3ccoc23)=CCN1. The Kier molecular flexibility index (Phi) is 3.53. The Bertz CT molecular complexity index is 684. The minimum atomic E-state index is -4.37. The predicted molar refractivity (Wildman–Crippen MR) is 75.9 cm³/mol. The van der Waals surface area contributed by atoms with E-state index in [0.29, 0.717) is 11.6 Å². The maximum Gasteiger partial charge on any atom is 0.417 e. The Balaban J connectivity index is 2.09. The summed E-state index contributed by atoms with van der Waals surface area (Å²) >= 11 is 0. The van der Waals surface area contributed by atoms with Gasteiger partial charge in [0.2, 0.25) is 0 Å². The second kappa shape index (κ2) is 5.22. The Labute approximate surface area is 120 Å². The molecule has 0 radical (unpaired) electrons. The summed E-state index contributed by atoms with van der Waals surface area (Å²) in [4.78, 5) is 0. The maximum atomic E-state index is 13.0. The van der Waals surface area contributed by atoms with E-state index in [-0.39, 0.29) is 5.39 Å². The molecular weight excluding hydrogens is 279 g/mol. The third kappa shape index (κ3) is 2.58. The molecule has 1 aliphatic heterocycles. The molecule has 1 aromatic carbocycles. The number of hydrogen-bond acceptors (Lipinski definition) is 2. The smallest absolute Gasteiger partial charge is 0.417 e. The summed E-state index contributed by atoms with van der Waals surface area (Å²) < 4.78 is 44.4. The Morgan fingerprint density at radius 1 is 1.29 bits per heavy atom. The average molecular weight is 295 g/mol. The molecule has 2 aromatic rings.